The molecule has 1 fully saturated rings. The van der Waals surface area contributed by atoms with Crippen LogP contribution in [0.25, 0.3) is 0 Å². The maximum atomic E-state index is 13.9. The van der Waals surface area contributed by atoms with Crippen LogP contribution >= 0.6 is 34.8 Å². The molecule has 0 N–H and O–H groups in total. The number of carbonyl (C=O) groups excluding carboxylic acids is 2. The van der Waals surface area contributed by atoms with Gasteiger partial charge in [0.05, 0.1) is 16.6 Å². The zero-order valence-electron chi connectivity index (χ0n) is 16.9. The van der Waals surface area contributed by atoms with Gasteiger partial charge in [-0.1, -0.05) is 53.0 Å². The lowest BCUT2D eigenvalue weighted by Crippen LogP contribution is -2.67. The van der Waals surface area contributed by atoms with Crippen molar-refractivity contribution in [2.75, 3.05) is 4.90 Å². The van der Waals surface area contributed by atoms with Crippen molar-refractivity contribution in [3.63, 3.8) is 0 Å². The number of nitrogens with zero attached hydrogens (tertiary/aromatic N) is 2. The number of imide groups is 1. The van der Waals surface area contributed by atoms with E-state index in [0.717, 1.165) is 5.56 Å². The number of urea groups is 1. The molecule has 5 rings (SSSR count). The predicted octanol–water partition coefficient (Wildman–Crippen LogP) is 6.97. The Kier molecular flexibility index (Phi) is 5.08. The molecule has 0 saturated carbocycles. The maximum absolute atomic E-state index is 13.9. The Morgan fingerprint density at radius 1 is 1.00 bits per heavy atom. The zero-order valence-corrected chi connectivity index (χ0v) is 19.2. The third-order valence-corrected chi connectivity index (χ3v) is 6.63. The molecule has 162 valence electrons. The Morgan fingerprint density at radius 2 is 1.69 bits per heavy atom. The summed E-state index contributed by atoms with van der Waals surface area (Å²) in [6.07, 6.45) is 0.384. The fourth-order valence-electron chi connectivity index (χ4n) is 4.40. The molecule has 2 aliphatic rings. The molecule has 0 spiro atoms. The number of anilines is 1. The van der Waals surface area contributed by atoms with E-state index in [1.807, 2.05) is 31.2 Å². The molecule has 8 heteroatoms. The van der Waals surface area contributed by atoms with Crippen LogP contribution < -0.4 is 9.64 Å². The minimum absolute atomic E-state index is 0.182. The normalized spacial score (nSPS) is 21.8. The molecule has 0 radical (unpaired) electrons. The van der Waals surface area contributed by atoms with Crippen LogP contribution in [0.15, 0.2) is 66.7 Å². The van der Waals surface area contributed by atoms with Crippen molar-refractivity contribution >= 4 is 52.4 Å². The van der Waals surface area contributed by atoms with E-state index in [9.17, 15) is 9.59 Å². The van der Waals surface area contributed by atoms with Crippen molar-refractivity contribution in [3.8, 4) is 5.75 Å². The summed E-state index contributed by atoms with van der Waals surface area (Å²) in [5.41, 5.74) is 0.546. The number of amides is 3. The molecule has 5 nitrogen and oxygen atoms in total. The van der Waals surface area contributed by atoms with E-state index in [0.29, 0.717) is 27.9 Å². The summed E-state index contributed by atoms with van der Waals surface area (Å²) < 4.78 is 6.32. The van der Waals surface area contributed by atoms with Gasteiger partial charge in [-0.05, 0) is 55.5 Å². The van der Waals surface area contributed by atoms with E-state index in [1.54, 1.807) is 30.3 Å². The minimum atomic E-state index is -0.996. The van der Waals surface area contributed by atoms with Crippen LogP contribution in [-0.4, -0.2) is 22.6 Å². The van der Waals surface area contributed by atoms with Gasteiger partial charge in [0.25, 0.3) is 5.91 Å². The third kappa shape index (κ3) is 3.32. The highest BCUT2D eigenvalue weighted by Gasteiger charge is 2.55. The summed E-state index contributed by atoms with van der Waals surface area (Å²) in [4.78, 5) is 30.3. The Bertz CT molecular complexity index is 1250. The van der Waals surface area contributed by atoms with Gasteiger partial charge in [-0.3, -0.25) is 14.6 Å². The van der Waals surface area contributed by atoms with Gasteiger partial charge in [0.15, 0.2) is 5.72 Å². The molecule has 2 aliphatic heterocycles. The fraction of sp³-hybridized carbons (Fsp3) is 0.167. The van der Waals surface area contributed by atoms with Crippen LogP contribution in [0.4, 0.5) is 10.5 Å². The highest BCUT2D eigenvalue weighted by Crippen LogP contribution is 2.50. The first-order valence-electron chi connectivity index (χ1n) is 9.95. The minimum Gasteiger partial charge on any atom is -0.467 e. The number of halogens is 3. The Hall–Kier alpha value is -2.73. The molecule has 2 heterocycles. The van der Waals surface area contributed by atoms with Crippen LogP contribution in [0, 0.1) is 0 Å². The average Bonchev–Trinajstić information content (AvgIpc) is 2.74. The smallest absolute Gasteiger partial charge is 0.335 e. The number of hydrogen-bond donors (Lipinski definition) is 0. The van der Waals surface area contributed by atoms with E-state index >= 15 is 0 Å². The van der Waals surface area contributed by atoms with E-state index in [4.69, 9.17) is 39.5 Å². The lowest BCUT2D eigenvalue weighted by atomic mass is 9.88. The van der Waals surface area contributed by atoms with Gasteiger partial charge in [0.2, 0.25) is 0 Å². The largest absolute Gasteiger partial charge is 0.467 e. The maximum Gasteiger partial charge on any atom is 0.335 e. The number of rotatable bonds is 2. The van der Waals surface area contributed by atoms with Gasteiger partial charge in [-0.25, -0.2) is 4.79 Å². The van der Waals surface area contributed by atoms with Crippen molar-refractivity contribution in [1.82, 2.24) is 4.90 Å². The van der Waals surface area contributed by atoms with Crippen molar-refractivity contribution in [3.05, 3.63) is 92.9 Å². The quantitative estimate of drug-likeness (QED) is 0.392. The number of ether oxygens (including phenoxy) is 1. The van der Waals surface area contributed by atoms with Gasteiger partial charge in [0.1, 0.15) is 5.75 Å². The number of benzene rings is 3. The first kappa shape index (κ1) is 21.1. The third-order valence-electron chi connectivity index (χ3n) is 5.83. The van der Waals surface area contributed by atoms with E-state index in [1.165, 1.54) is 21.9 Å². The number of fused-ring (bicyclic) bond motifs is 4. The van der Waals surface area contributed by atoms with Gasteiger partial charge < -0.3 is 4.74 Å². The van der Waals surface area contributed by atoms with Gasteiger partial charge in [-0.2, -0.15) is 0 Å². The Morgan fingerprint density at radius 3 is 2.41 bits per heavy atom. The molecule has 1 saturated heterocycles. The molecular weight excluding hydrogens is 471 g/mol. The molecule has 0 unspecified atom stereocenters. The molecule has 32 heavy (non-hydrogen) atoms. The van der Waals surface area contributed by atoms with Crippen molar-refractivity contribution in [1.29, 1.82) is 0 Å². The molecule has 3 aromatic rings. The SMILES string of the molecule is C[C@@]12C[C@@H](c3ccccc3O1)N(C(=O)c1ccc(Cl)cc1Cl)C(=O)N2c1ccc(Cl)cc1. The summed E-state index contributed by atoms with van der Waals surface area (Å²) in [5.74, 6) is 0.122. The van der Waals surface area contributed by atoms with Crippen LogP contribution in [0.1, 0.15) is 35.3 Å². The van der Waals surface area contributed by atoms with Crippen molar-refractivity contribution < 1.29 is 14.3 Å². The summed E-state index contributed by atoms with van der Waals surface area (Å²) in [5, 5.41) is 1.13. The summed E-state index contributed by atoms with van der Waals surface area (Å²) in [6, 6.07) is 17.9. The second-order valence-electron chi connectivity index (χ2n) is 7.93. The zero-order chi connectivity index (χ0) is 22.6. The lowest BCUT2D eigenvalue weighted by Gasteiger charge is -2.53. The van der Waals surface area contributed by atoms with E-state index in [-0.39, 0.29) is 10.6 Å². The first-order chi connectivity index (χ1) is 15.3. The monoisotopic (exact) mass is 486 g/mol. The molecule has 3 amide bonds. The van der Waals surface area contributed by atoms with Gasteiger partial charge in [-0.15, -0.1) is 0 Å². The second kappa shape index (κ2) is 7.69. The second-order valence-corrected chi connectivity index (χ2v) is 9.21. The average molecular weight is 488 g/mol. The first-order valence-corrected chi connectivity index (χ1v) is 11.1. The van der Waals surface area contributed by atoms with E-state index in [2.05, 4.69) is 0 Å². The van der Waals surface area contributed by atoms with Gasteiger partial charge >= 0.3 is 6.03 Å². The number of para-hydroxylation sites is 1. The van der Waals surface area contributed by atoms with Crippen LogP contribution in [-0.2, 0) is 0 Å². The molecule has 2 bridgehead atoms. The van der Waals surface area contributed by atoms with E-state index < -0.39 is 23.7 Å². The topological polar surface area (TPSA) is 49.9 Å². The molecule has 0 aliphatic carbocycles. The molecule has 3 aromatic carbocycles. The van der Waals surface area contributed by atoms with Gasteiger partial charge in [0, 0.05) is 27.7 Å². The van der Waals surface area contributed by atoms with Crippen molar-refractivity contribution in [2.24, 2.45) is 0 Å². The number of carbonyl (C=O) groups is 2. The highest BCUT2D eigenvalue weighted by atomic mass is 35.5. The molecular formula is C24H17Cl3N2O3. The Balaban J connectivity index is 1.68. The standard InChI is InChI=1S/C24H17Cl3N2O3/c1-24-13-20(18-4-2-3-5-21(18)32-24)28(22(30)17-11-8-15(26)12-19(17)27)23(31)29(24)16-9-6-14(25)7-10-16/h2-12,20H,13H2,1H3/t20-,24-/m0/s1. The van der Waals surface area contributed by atoms with Crippen LogP contribution in [0.3, 0.4) is 0 Å². The van der Waals surface area contributed by atoms with Crippen LogP contribution in [0.5, 0.6) is 5.75 Å². The molecule has 2 atom stereocenters. The molecule has 0 aromatic heterocycles. The summed E-state index contributed by atoms with van der Waals surface area (Å²) >= 11 is 18.4. The van der Waals surface area contributed by atoms with Crippen molar-refractivity contribution in [2.45, 2.75) is 25.1 Å². The summed E-state index contributed by atoms with van der Waals surface area (Å²) in [6.45, 7) is 1.85. The van der Waals surface area contributed by atoms with Crippen LogP contribution in [0.2, 0.25) is 15.1 Å². The predicted molar refractivity (Wildman–Crippen MR) is 125 cm³/mol. The Labute approximate surface area is 200 Å². The lowest BCUT2D eigenvalue weighted by molar-refractivity contribution is 0.00269. The number of hydrogen-bond acceptors (Lipinski definition) is 3. The highest BCUT2D eigenvalue weighted by molar-refractivity contribution is 6.37. The summed E-state index contributed by atoms with van der Waals surface area (Å²) in [7, 11) is 0. The fourth-order valence-corrected chi connectivity index (χ4v) is 5.02.